The van der Waals surface area contributed by atoms with Crippen molar-refractivity contribution in [3.63, 3.8) is 0 Å². The number of nitrogens with zero attached hydrogens (tertiary/aromatic N) is 1. The highest BCUT2D eigenvalue weighted by atomic mass is 127. The predicted molar refractivity (Wildman–Crippen MR) is 115 cm³/mol. The first kappa shape index (κ1) is 23.2. The standard InChI is InChI=1S/C19H33N3O3.HI/c1-16(2)24-11-4-3-9-20-19(22-14-17-8-13-23-15-17)21-10-7-18-6-5-12-25-18;/h5-6,12,16-17H,3-4,7-11,13-15H2,1-2H3,(H2,20,21,22);1H. The number of guanidine groups is 1. The van der Waals surface area contributed by atoms with Gasteiger partial charge in [-0.05, 0) is 45.2 Å². The van der Waals surface area contributed by atoms with Crippen molar-refractivity contribution >= 4 is 29.9 Å². The first-order chi connectivity index (χ1) is 12.2. The molecule has 2 heterocycles. The first-order valence-electron chi connectivity index (χ1n) is 9.48. The highest BCUT2D eigenvalue weighted by Gasteiger charge is 2.15. The van der Waals surface area contributed by atoms with Gasteiger partial charge in [0, 0.05) is 45.2 Å². The summed E-state index contributed by atoms with van der Waals surface area (Å²) in [5.74, 6) is 2.41. The molecular weight excluding hydrogens is 445 g/mol. The van der Waals surface area contributed by atoms with Gasteiger partial charge in [-0.3, -0.25) is 4.99 Å². The highest BCUT2D eigenvalue weighted by Crippen LogP contribution is 2.12. The van der Waals surface area contributed by atoms with Crippen molar-refractivity contribution < 1.29 is 13.9 Å². The largest absolute Gasteiger partial charge is 0.469 e. The number of aliphatic imine (C=N–C) groups is 1. The zero-order chi connectivity index (χ0) is 17.7. The molecule has 1 aromatic heterocycles. The van der Waals surface area contributed by atoms with Gasteiger partial charge < -0.3 is 24.5 Å². The third-order valence-electron chi connectivity index (χ3n) is 4.09. The van der Waals surface area contributed by atoms with Crippen LogP contribution in [0.4, 0.5) is 0 Å². The fourth-order valence-electron chi connectivity index (χ4n) is 2.63. The summed E-state index contributed by atoms with van der Waals surface area (Å²) in [5, 5.41) is 6.82. The first-order valence-corrected chi connectivity index (χ1v) is 9.48. The third kappa shape index (κ3) is 10.4. The number of hydrogen-bond acceptors (Lipinski definition) is 4. The third-order valence-corrected chi connectivity index (χ3v) is 4.09. The zero-order valence-electron chi connectivity index (χ0n) is 16.0. The van der Waals surface area contributed by atoms with Crippen LogP contribution >= 0.6 is 24.0 Å². The summed E-state index contributed by atoms with van der Waals surface area (Å²) in [6.07, 6.45) is 6.10. The van der Waals surface area contributed by atoms with Crippen LogP contribution in [-0.4, -0.2) is 51.5 Å². The van der Waals surface area contributed by atoms with Crippen molar-refractivity contribution in [1.82, 2.24) is 10.6 Å². The second-order valence-electron chi connectivity index (χ2n) is 6.73. The van der Waals surface area contributed by atoms with Crippen molar-refractivity contribution in [2.24, 2.45) is 10.9 Å². The van der Waals surface area contributed by atoms with E-state index < -0.39 is 0 Å². The molecule has 7 heteroatoms. The van der Waals surface area contributed by atoms with Crippen molar-refractivity contribution in [3.05, 3.63) is 24.2 Å². The Bertz CT molecular complexity index is 474. The summed E-state index contributed by atoms with van der Waals surface area (Å²) in [5.41, 5.74) is 0. The van der Waals surface area contributed by atoms with E-state index in [1.165, 1.54) is 0 Å². The summed E-state index contributed by atoms with van der Waals surface area (Å²) < 4.78 is 16.4. The van der Waals surface area contributed by atoms with E-state index >= 15 is 0 Å². The molecule has 0 radical (unpaired) electrons. The molecule has 1 aliphatic heterocycles. The van der Waals surface area contributed by atoms with E-state index in [-0.39, 0.29) is 24.0 Å². The average molecular weight is 479 g/mol. The van der Waals surface area contributed by atoms with E-state index in [4.69, 9.17) is 18.9 Å². The van der Waals surface area contributed by atoms with Crippen LogP contribution in [0.3, 0.4) is 0 Å². The van der Waals surface area contributed by atoms with Crippen molar-refractivity contribution in [3.8, 4) is 0 Å². The molecule has 1 aliphatic rings. The minimum Gasteiger partial charge on any atom is -0.469 e. The Morgan fingerprint density at radius 3 is 2.85 bits per heavy atom. The minimum absolute atomic E-state index is 0. The number of ether oxygens (including phenoxy) is 2. The molecule has 1 fully saturated rings. The van der Waals surface area contributed by atoms with Gasteiger partial charge in [-0.2, -0.15) is 0 Å². The molecule has 26 heavy (non-hydrogen) atoms. The van der Waals surface area contributed by atoms with Gasteiger partial charge in [-0.1, -0.05) is 0 Å². The lowest BCUT2D eigenvalue weighted by Gasteiger charge is -2.14. The molecule has 150 valence electrons. The normalized spacial score (nSPS) is 17.3. The van der Waals surface area contributed by atoms with Gasteiger partial charge in [0.15, 0.2) is 5.96 Å². The van der Waals surface area contributed by atoms with Crippen LogP contribution in [0.1, 0.15) is 38.9 Å². The molecule has 0 bridgehead atoms. The molecule has 0 saturated carbocycles. The summed E-state index contributed by atoms with van der Waals surface area (Å²) in [6.45, 7) is 9.16. The molecule has 0 aromatic carbocycles. The average Bonchev–Trinajstić information content (AvgIpc) is 3.28. The Kier molecular flexibility index (Phi) is 12.8. The second-order valence-corrected chi connectivity index (χ2v) is 6.73. The molecular formula is C19H34IN3O3. The Morgan fingerprint density at radius 2 is 2.15 bits per heavy atom. The summed E-state index contributed by atoms with van der Waals surface area (Å²) in [4.78, 5) is 4.72. The van der Waals surface area contributed by atoms with E-state index in [1.54, 1.807) is 6.26 Å². The fraction of sp³-hybridized carbons (Fsp3) is 0.737. The van der Waals surface area contributed by atoms with Crippen LogP contribution in [-0.2, 0) is 15.9 Å². The molecule has 1 aromatic rings. The number of nitrogens with one attached hydrogen (secondary N) is 2. The number of furan rings is 1. The van der Waals surface area contributed by atoms with Gasteiger partial charge in [-0.25, -0.2) is 0 Å². The Labute approximate surface area is 174 Å². The van der Waals surface area contributed by atoms with Gasteiger partial charge in [-0.15, -0.1) is 24.0 Å². The van der Waals surface area contributed by atoms with E-state index in [1.807, 2.05) is 12.1 Å². The van der Waals surface area contributed by atoms with Gasteiger partial charge in [0.2, 0.25) is 0 Å². The lowest BCUT2D eigenvalue weighted by molar-refractivity contribution is 0.0762. The molecule has 1 unspecified atom stereocenters. The van der Waals surface area contributed by atoms with E-state index in [9.17, 15) is 0 Å². The number of halogens is 1. The maximum atomic E-state index is 5.57. The van der Waals surface area contributed by atoms with E-state index in [0.29, 0.717) is 12.0 Å². The minimum atomic E-state index is 0. The molecule has 0 aliphatic carbocycles. The summed E-state index contributed by atoms with van der Waals surface area (Å²) in [6, 6.07) is 3.92. The monoisotopic (exact) mass is 479 g/mol. The quantitative estimate of drug-likeness (QED) is 0.221. The number of hydrogen-bond donors (Lipinski definition) is 2. The van der Waals surface area contributed by atoms with Crippen LogP contribution in [0.2, 0.25) is 0 Å². The van der Waals surface area contributed by atoms with Gasteiger partial charge >= 0.3 is 0 Å². The van der Waals surface area contributed by atoms with Gasteiger partial charge in [0.1, 0.15) is 5.76 Å². The Morgan fingerprint density at radius 1 is 1.31 bits per heavy atom. The molecule has 1 atom stereocenters. The SMILES string of the molecule is CC(C)OCCCCNC(=NCC1CCOC1)NCCc1ccco1.I. The molecule has 1 saturated heterocycles. The maximum absolute atomic E-state index is 5.57. The molecule has 6 nitrogen and oxygen atoms in total. The van der Waals surface area contributed by atoms with Crippen LogP contribution in [0.5, 0.6) is 0 Å². The van der Waals surface area contributed by atoms with Crippen LogP contribution in [0.15, 0.2) is 27.8 Å². The lowest BCUT2D eigenvalue weighted by Crippen LogP contribution is -2.39. The smallest absolute Gasteiger partial charge is 0.191 e. The topological polar surface area (TPSA) is 68.0 Å². The van der Waals surface area contributed by atoms with Crippen LogP contribution in [0.25, 0.3) is 0 Å². The van der Waals surface area contributed by atoms with Gasteiger partial charge in [0.05, 0.1) is 19.0 Å². The summed E-state index contributed by atoms with van der Waals surface area (Å²) >= 11 is 0. The molecule has 0 spiro atoms. The second kappa shape index (κ2) is 14.3. The van der Waals surface area contributed by atoms with Crippen molar-refractivity contribution in [2.75, 3.05) is 39.5 Å². The lowest BCUT2D eigenvalue weighted by atomic mass is 10.1. The predicted octanol–water partition coefficient (Wildman–Crippen LogP) is 3.22. The fourth-order valence-corrected chi connectivity index (χ4v) is 2.63. The Balaban J connectivity index is 0.00000338. The van der Waals surface area contributed by atoms with Crippen LogP contribution in [0, 0.1) is 5.92 Å². The van der Waals surface area contributed by atoms with E-state index in [0.717, 1.165) is 76.9 Å². The van der Waals surface area contributed by atoms with Crippen molar-refractivity contribution in [1.29, 1.82) is 0 Å². The highest BCUT2D eigenvalue weighted by molar-refractivity contribution is 14.0. The van der Waals surface area contributed by atoms with E-state index in [2.05, 4.69) is 24.5 Å². The Hall–Kier alpha value is -0.800. The van der Waals surface area contributed by atoms with Gasteiger partial charge in [0.25, 0.3) is 0 Å². The molecule has 2 rings (SSSR count). The van der Waals surface area contributed by atoms with Crippen molar-refractivity contribution in [2.45, 2.75) is 45.6 Å². The zero-order valence-corrected chi connectivity index (χ0v) is 18.4. The molecule has 0 amide bonds. The molecule has 2 N–H and O–H groups in total. The summed E-state index contributed by atoms with van der Waals surface area (Å²) in [7, 11) is 0. The number of rotatable bonds is 11. The maximum Gasteiger partial charge on any atom is 0.191 e. The number of unbranched alkanes of at least 4 members (excludes halogenated alkanes) is 1. The van der Waals surface area contributed by atoms with Crippen LogP contribution < -0.4 is 10.6 Å².